The molecule has 1 amide bonds. The van der Waals surface area contributed by atoms with Gasteiger partial charge in [-0.15, -0.1) is 11.3 Å². The summed E-state index contributed by atoms with van der Waals surface area (Å²) in [6, 6.07) is 5.21. The molecule has 20 heavy (non-hydrogen) atoms. The molecule has 2 nitrogen and oxygen atoms in total. The van der Waals surface area contributed by atoms with E-state index < -0.39 is 11.6 Å². The Morgan fingerprint density at radius 1 is 1.25 bits per heavy atom. The molecule has 0 unspecified atom stereocenters. The van der Waals surface area contributed by atoms with Crippen LogP contribution in [0.3, 0.4) is 0 Å². The standard InChI is InChI=1S/C15H15F2NOS/c1-9-6-13(10(2)20-9)15(19)18(3)8-11-4-5-12(16)7-14(11)17/h4-7H,8H2,1-3H3. The molecule has 0 saturated heterocycles. The van der Waals surface area contributed by atoms with Crippen molar-refractivity contribution in [2.24, 2.45) is 0 Å². The highest BCUT2D eigenvalue weighted by Gasteiger charge is 2.17. The zero-order valence-electron chi connectivity index (χ0n) is 11.5. The molecule has 2 aromatic rings. The lowest BCUT2D eigenvalue weighted by Crippen LogP contribution is -2.26. The van der Waals surface area contributed by atoms with E-state index in [1.807, 2.05) is 19.9 Å². The summed E-state index contributed by atoms with van der Waals surface area (Å²) in [6.07, 6.45) is 0. The molecule has 1 aromatic carbocycles. The molecule has 0 spiro atoms. The lowest BCUT2D eigenvalue weighted by molar-refractivity contribution is 0.0783. The van der Waals surface area contributed by atoms with E-state index >= 15 is 0 Å². The highest BCUT2D eigenvalue weighted by atomic mass is 32.1. The molecule has 0 aliphatic heterocycles. The van der Waals surface area contributed by atoms with Crippen LogP contribution in [0, 0.1) is 25.5 Å². The van der Waals surface area contributed by atoms with Gasteiger partial charge in [0.15, 0.2) is 0 Å². The van der Waals surface area contributed by atoms with Crippen molar-refractivity contribution in [2.75, 3.05) is 7.05 Å². The first-order valence-electron chi connectivity index (χ1n) is 6.15. The third-order valence-electron chi connectivity index (χ3n) is 3.04. The summed E-state index contributed by atoms with van der Waals surface area (Å²) in [7, 11) is 1.61. The number of halogens is 2. The monoisotopic (exact) mass is 295 g/mol. The Kier molecular flexibility index (Phi) is 4.18. The van der Waals surface area contributed by atoms with Crippen molar-refractivity contribution in [3.8, 4) is 0 Å². The van der Waals surface area contributed by atoms with E-state index in [9.17, 15) is 13.6 Å². The predicted molar refractivity (Wildman–Crippen MR) is 75.9 cm³/mol. The molecule has 0 atom stereocenters. The molecule has 0 radical (unpaired) electrons. The minimum absolute atomic E-state index is 0.110. The summed E-state index contributed by atoms with van der Waals surface area (Å²) in [5.41, 5.74) is 0.935. The number of benzene rings is 1. The highest BCUT2D eigenvalue weighted by Crippen LogP contribution is 2.22. The maximum atomic E-state index is 13.6. The number of hydrogen-bond donors (Lipinski definition) is 0. The molecular weight excluding hydrogens is 280 g/mol. The zero-order chi connectivity index (χ0) is 14.9. The van der Waals surface area contributed by atoms with Crippen LogP contribution in [0.5, 0.6) is 0 Å². The average Bonchev–Trinajstić information content (AvgIpc) is 2.71. The average molecular weight is 295 g/mol. The number of amides is 1. The Bertz CT molecular complexity index is 651. The lowest BCUT2D eigenvalue weighted by atomic mass is 10.1. The van der Waals surface area contributed by atoms with Crippen LogP contribution in [0.2, 0.25) is 0 Å². The number of nitrogens with zero attached hydrogens (tertiary/aromatic N) is 1. The largest absolute Gasteiger partial charge is 0.337 e. The van der Waals surface area contributed by atoms with Crippen LogP contribution < -0.4 is 0 Å². The zero-order valence-corrected chi connectivity index (χ0v) is 12.4. The number of hydrogen-bond acceptors (Lipinski definition) is 2. The van der Waals surface area contributed by atoms with Crippen LogP contribution in [0.4, 0.5) is 8.78 Å². The summed E-state index contributed by atoms with van der Waals surface area (Å²) >= 11 is 1.56. The third kappa shape index (κ3) is 3.04. The van der Waals surface area contributed by atoms with Crippen molar-refractivity contribution >= 4 is 17.2 Å². The summed E-state index contributed by atoms with van der Waals surface area (Å²) < 4.78 is 26.4. The molecule has 106 valence electrons. The fourth-order valence-corrected chi connectivity index (χ4v) is 2.94. The van der Waals surface area contributed by atoms with Crippen molar-refractivity contribution in [1.29, 1.82) is 0 Å². The Morgan fingerprint density at radius 2 is 1.95 bits per heavy atom. The van der Waals surface area contributed by atoms with Crippen molar-refractivity contribution < 1.29 is 13.6 Å². The van der Waals surface area contributed by atoms with E-state index in [1.54, 1.807) is 18.4 Å². The van der Waals surface area contributed by atoms with Gasteiger partial charge < -0.3 is 4.90 Å². The van der Waals surface area contributed by atoms with Crippen molar-refractivity contribution in [3.05, 3.63) is 56.8 Å². The minimum Gasteiger partial charge on any atom is -0.337 e. The van der Waals surface area contributed by atoms with Gasteiger partial charge in [-0.2, -0.15) is 0 Å². The molecule has 0 aliphatic rings. The van der Waals surface area contributed by atoms with Gasteiger partial charge in [0.05, 0.1) is 5.56 Å². The number of carbonyl (C=O) groups is 1. The van der Waals surface area contributed by atoms with Gasteiger partial charge in [-0.3, -0.25) is 4.79 Å². The van der Waals surface area contributed by atoms with Gasteiger partial charge in [0, 0.05) is 35.0 Å². The van der Waals surface area contributed by atoms with E-state index in [0.717, 1.165) is 15.8 Å². The topological polar surface area (TPSA) is 20.3 Å². The predicted octanol–water partition coefficient (Wildman–Crippen LogP) is 3.92. The normalized spacial score (nSPS) is 10.7. The maximum absolute atomic E-state index is 13.6. The fourth-order valence-electron chi connectivity index (χ4n) is 2.03. The second-order valence-corrected chi connectivity index (χ2v) is 6.18. The van der Waals surface area contributed by atoms with E-state index in [-0.39, 0.29) is 12.5 Å². The van der Waals surface area contributed by atoms with Crippen LogP contribution in [0.15, 0.2) is 24.3 Å². The van der Waals surface area contributed by atoms with Crippen molar-refractivity contribution in [3.63, 3.8) is 0 Å². The summed E-state index contributed by atoms with van der Waals surface area (Å²) in [6.45, 7) is 3.94. The van der Waals surface area contributed by atoms with Crippen molar-refractivity contribution in [1.82, 2.24) is 4.90 Å². The van der Waals surface area contributed by atoms with Gasteiger partial charge >= 0.3 is 0 Å². The first-order chi connectivity index (χ1) is 9.38. The van der Waals surface area contributed by atoms with E-state index in [4.69, 9.17) is 0 Å². The second kappa shape index (κ2) is 5.71. The molecule has 5 heteroatoms. The van der Waals surface area contributed by atoms with E-state index in [2.05, 4.69) is 0 Å². The number of carbonyl (C=O) groups excluding carboxylic acids is 1. The van der Waals surface area contributed by atoms with Crippen LogP contribution in [-0.4, -0.2) is 17.9 Å². The first-order valence-corrected chi connectivity index (χ1v) is 6.96. The highest BCUT2D eigenvalue weighted by molar-refractivity contribution is 7.12. The van der Waals surface area contributed by atoms with Gasteiger partial charge in [-0.1, -0.05) is 6.07 Å². The van der Waals surface area contributed by atoms with Gasteiger partial charge in [-0.25, -0.2) is 8.78 Å². The number of aryl methyl sites for hydroxylation is 2. The van der Waals surface area contributed by atoms with Crippen LogP contribution in [-0.2, 0) is 6.54 Å². The Labute approximate surface area is 120 Å². The Balaban J connectivity index is 2.17. The van der Waals surface area contributed by atoms with Gasteiger partial charge in [0.2, 0.25) is 0 Å². The molecule has 0 N–H and O–H groups in total. The van der Waals surface area contributed by atoms with E-state index in [0.29, 0.717) is 11.1 Å². The quantitative estimate of drug-likeness (QED) is 0.840. The minimum atomic E-state index is -0.636. The van der Waals surface area contributed by atoms with Crippen LogP contribution >= 0.6 is 11.3 Å². The second-order valence-electron chi connectivity index (χ2n) is 4.72. The summed E-state index contributed by atoms with van der Waals surface area (Å²) in [5.74, 6) is -1.41. The molecular formula is C15H15F2NOS. The fraction of sp³-hybridized carbons (Fsp3) is 0.267. The maximum Gasteiger partial charge on any atom is 0.255 e. The first kappa shape index (κ1) is 14.7. The molecule has 0 saturated carbocycles. The smallest absolute Gasteiger partial charge is 0.255 e. The van der Waals surface area contributed by atoms with Gasteiger partial charge in [0.25, 0.3) is 5.91 Å². The molecule has 2 rings (SSSR count). The Hall–Kier alpha value is -1.75. The molecule has 0 aliphatic carbocycles. The molecule has 1 aromatic heterocycles. The summed E-state index contributed by atoms with van der Waals surface area (Å²) in [5, 5.41) is 0. The molecule has 1 heterocycles. The SMILES string of the molecule is Cc1cc(C(=O)N(C)Cc2ccc(F)cc2F)c(C)s1. The number of rotatable bonds is 3. The van der Waals surface area contributed by atoms with Crippen molar-refractivity contribution in [2.45, 2.75) is 20.4 Å². The Morgan fingerprint density at radius 3 is 2.50 bits per heavy atom. The summed E-state index contributed by atoms with van der Waals surface area (Å²) in [4.78, 5) is 15.7. The van der Waals surface area contributed by atoms with Crippen LogP contribution in [0.1, 0.15) is 25.7 Å². The van der Waals surface area contributed by atoms with Crippen LogP contribution in [0.25, 0.3) is 0 Å². The third-order valence-corrected chi connectivity index (χ3v) is 4.01. The van der Waals surface area contributed by atoms with E-state index in [1.165, 1.54) is 17.0 Å². The lowest BCUT2D eigenvalue weighted by Gasteiger charge is -2.17. The molecule has 0 bridgehead atoms. The van der Waals surface area contributed by atoms with Gasteiger partial charge in [-0.05, 0) is 26.0 Å². The molecule has 0 fully saturated rings. The van der Waals surface area contributed by atoms with Gasteiger partial charge in [0.1, 0.15) is 11.6 Å². The number of thiophene rings is 1.